The molecule has 0 unspecified atom stereocenters. The van der Waals surface area contributed by atoms with Crippen LogP contribution in [0.25, 0.3) is 5.70 Å². The first kappa shape index (κ1) is 17.6. The van der Waals surface area contributed by atoms with E-state index in [9.17, 15) is 5.26 Å². The van der Waals surface area contributed by atoms with E-state index < -0.39 is 0 Å². The van der Waals surface area contributed by atoms with Gasteiger partial charge in [-0.15, -0.1) is 0 Å². The van der Waals surface area contributed by atoms with Crippen LogP contribution in [0.2, 0.25) is 0 Å². The summed E-state index contributed by atoms with van der Waals surface area (Å²) in [5.41, 5.74) is 4.60. The van der Waals surface area contributed by atoms with Gasteiger partial charge in [0.05, 0.1) is 23.9 Å². The second-order valence-corrected chi connectivity index (χ2v) is 6.33. The number of benzene rings is 2. The monoisotopic (exact) mass is 368 g/mol. The summed E-state index contributed by atoms with van der Waals surface area (Å²) in [6.07, 6.45) is 5.70. The number of nitriles is 1. The van der Waals surface area contributed by atoms with Crippen molar-refractivity contribution in [1.82, 2.24) is 4.90 Å². The number of nitrogens with zero attached hydrogens (tertiary/aromatic N) is 4. The third-order valence-electron chi connectivity index (χ3n) is 4.44. The largest absolute Gasteiger partial charge is 0.385 e. The summed E-state index contributed by atoms with van der Waals surface area (Å²) in [4.78, 5) is 11.1. The van der Waals surface area contributed by atoms with Crippen LogP contribution in [0.1, 0.15) is 18.1 Å². The summed E-state index contributed by atoms with van der Waals surface area (Å²) in [6.45, 7) is 3.49. The number of hydrogen-bond donors (Lipinski definition) is 2. The maximum Gasteiger partial charge on any atom is 0.176 e. The number of anilines is 2. The average molecular weight is 368 g/mol. The topological polar surface area (TPSA) is 75.8 Å². The van der Waals surface area contributed by atoms with Crippen LogP contribution >= 0.6 is 0 Å². The van der Waals surface area contributed by atoms with Gasteiger partial charge in [-0.1, -0.05) is 18.2 Å². The maximum atomic E-state index is 9.20. The minimum atomic E-state index is 0.559. The van der Waals surface area contributed by atoms with E-state index in [0.29, 0.717) is 17.9 Å². The van der Waals surface area contributed by atoms with Gasteiger partial charge in [0.1, 0.15) is 0 Å². The number of hydrogen-bond acceptors (Lipinski definition) is 6. The lowest BCUT2D eigenvalue weighted by atomic mass is 10.1. The lowest BCUT2D eigenvalue weighted by Gasteiger charge is -2.31. The van der Waals surface area contributed by atoms with Crippen LogP contribution in [0, 0.1) is 11.3 Å². The molecule has 0 spiro atoms. The van der Waals surface area contributed by atoms with Crippen LogP contribution < -0.4 is 10.6 Å². The molecule has 2 aliphatic heterocycles. The predicted molar refractivity (Wildman–Crippen MR) is 114 cm³/mol. The molecule has 138 valence electrons. The van der Waals surface area contributed by atoms with E-state index in [0.717, 1.165) is 35.0 Å². The Balaban J connectivity index is 1.59. The zero-order valence-corrected chi connectivity index (χ0v) is 15.6. The molecule has 6 heteroatoms. The molecule has 0 saturated carbocycles. The smallest absolute Gasteiger partial charge is 0.176 e. The van der Waals surface area contributed by atoms with Crippen molar-refractivity contribution in [1.29, 1.82) is 5.26 Å². The molecule has 2 aromatic carbocycles. The maximum absolute atomic E-state index is 9.20. The normalized spacial score (nSPS) is 15.0. The Morgan fingerprint density at radius 2 is 2.00 bits per heavy atom. The Bertz CT molecular complexity index is 1050. The highest BCUT2D eigenvalue weighted by Crippen LogP contribution is 2.26. The number of fused-ring (bicyclic) bond motifs is 1. The molecule has 2 N–H and O–H groups in total. The first-order chi connectivity index (χ1) is 13.8. The fourth-order valence-corrected chi connectivity index (χ4v) is 3.22. The zero-order valence-electron chi connectivity index (χ0n) is 15.6. The van der Waals surface area contributed by atoms with Crippen molar-refractivity contribution in [2.45, 2.75) is 6.92 Å². The predicted octanol–water partition coefficient (Wildman–Crippen LogP) is 4.04. The molecule has 6 nitrogen and oxygen atoms in total. The van der Waals surface area contributed by atoms with Gasteiger partial charge in [0.15, 0.2) is 11.7 Å². The van der Waals surface area contributed by atoms with Crippen molar-refractivity contribution < 1.29 is 0 Å². The van der Waals surface area contributed by atoms with Gasteiger partial charge in [-0.3, -0.25) is 9.89 Å². The number of rotatable bonds is 4. The van der Waals surface area contributed by atoms with Gasteiger partial charge >= 0.3 is 0 Å². The number of amidine groups is 2. The molecule has 2 aliphatic rings. The summed E-state index contributed by atoms with van der Waals surface area (Å²) in [6, 6.07) is 17.9. The second kappa shape index (κ2) is 7.80. The summed E-state index contributed by atoms with van der Waals surface area (Å²) >= 11 is 0. The Morgan fingerprint density at radius 3 is 2.86 bits per heavy atom. The molecular weight excluding hydrogens is 348 g/mol. The standard InChI is InChI=1S/C22H20N6/c1-2-24-18-7-4-8-19(14-18)27-21-22-26-10-9-20(28(22)12-11-25-21)17-6-3-5-16(13-17)15-23/h3-9,11-14,24H,2,10H2,1H3,(H,25,27). The molecular formula is C22H20N6. The van der Waals surface area contributed by atoms with Crippen LogP contribution in [0.4, 0.5) is 11.4 Å². The summed E-state index contributed by atoms with van der Waals surface area (Å²) in [5.74, 6) is 1.45. The Kier molecular flexibility index (Phi) is 4.89. The van der Waals surface area contributed by atoms with Crippen LogP contribution in [0.15, 0.2) is 77.0 Å². The molecule has 0 saturated heterocycles. The Morgan fingerprint density at radius 1 is 1.14 bits per heavy atom. The molecule has 4 rings (SSSR count). The molecule has 0 aliphatic carbocycles. The van der Waals surface area contributed by atoms with Crippen molar-refractivity contribution in [3.63, 3.8) is 0 Å². The van der Waals surface area contributed by atoms with Gasteiger partial charge < -0.3 is 10.6 Å². The van der Waals surface area contributed by atoms with Crippen molar-refractivity contribution >= 4 is 28.7 Å². The lowest BCUT2D eigenvalue weighted by Crippen LogP contribution is -2.39. The first-order valence-electron chi connectivity index (χ1n) is 9.18. The van der Waals surface area contributed by atoms with Crippen molar-refractivity contribution in [2.24, 2.45) is 9.98 Å². The summed E-state index contributed by atoms with van der Waals surface area (Å²) < 4.78 is 0. The quantitative estimate of drug-likeness (QED) is 0.854. The van der Waals surface area contributed by atoms with Crippen LogP contribution in [-0.4, -0.2) is 29.7 Å². The highest BCUT2D eigenvalue weighted by molar-refractivity contribution is 6.46. The molecule has 2 heterocycles. The molecule has 2 aromatic rings. The van der Waals surface area contributed by atoms with Crippen molar-refractivity contribution in [2.75, 3.05) is 23.7 Å². The van der Waals surface area contributed by atoms with E-state index in [-0.39, 0.29) is 0 Å². The number of aliphatic imine (C=N–C) groups is 2. The Hall–Kier alpha value is -3.85. The van der Waals surface area contributed by atoms with Crippen LogP contribution in [0.5, 0.6) is 0 Å². The van der Waals surface area contributed by atoms with E-state index in [2.05, 4.69) is 39.7 Å². The van der Waals surface area contributed by atoms with Gasteiger partial charge in [0.2, 0.25) is 0 Å². The highest BCUT2D eigenvalue weighted by atomic mass is 15.3. The van der Waals surface area contributed by atoms with Gasteiger partial charge in [0.25, 0.3) is 0 Å². The summed E-state index contributed by atoms with van der Waals surface area (Å²) in [7, 11) is 0. The first-order valence-corrected chi connectivity index (χ1v) is 9.18. The third kappa shape index (κ3) is 3.51. The zero-order chi connectivity index (χ0) is 19.3. The second-order valence-electron chi connectivity index (χ2n) is 6.33. The molecule has 0 atom stereocenters. The van der Waals surface area contributed by atoms with Crippen LogP contribution in [0.3, 0.4) is 0 Å². The van der Waals surface area contributed by atoms with E-state index >= 15 is 0 Å². The van der Waals surface area contributed by atoms with E-state index in [4.69, 9.17) is 0 Å². The minimum absolute atomic E-state index is 0.559. The van der Waals surface area contributed by atoms with Gasteiger partial charge in [-0.05, 0) is 48.9 Å². The van der Waals surface area contributed by atoms with Crippen molar-refractivity contribution in [3.05, 3.63) is 78.1 Å². The fourth-order valence-electron chi connectivity index (χ4n) is 3.22. The van der Waals surface area contributed by atoms with Gasteiger partial charge in [-0.25, -0.2) is 4.99 Å². The van der Waals surface area contributed by atoms with Gasteiger partial charge in [0, 0.05) is 30.3 Å². The third-order valence-corrected chi connectivity index (χ3v) is 4.44. The lowest BCUT2D eigenvalue weighted by molar-refractivity contribution is 0.766. The molecule has 0 amide bonds. The molecule has 0 fully saturated rings. The SMILES string of the molecule is CCNc1cccc(NC2=NC=CN3C(c4cccc(C#N)c4)=CCN=C23)c1. The van der Waals surface area contributed by atoms with E-state index in [1.54, 1.807) is 12.3 Å². The molecule has 0 radical (unpaired) electrons. The molecule has 0 aromatic heterocycles. The minimum Gasteiger partial charge on any atom is -0.385 e. The van der Waals surface area contributed by atoms with E-state index in [1.807, 2.05) is 53.6 Å². The highest BCUT2D eigenvalue weighted by Gasteiger charge is 2.25. The van der Waals surface area contributed by atoms with E-state index in [1.165, 1.54) is 0 Å². The summed E-state index contributed by atoms with van der Waals surface area (Å²) in [5, 5.41) is 15.9. The average Bonchev–Trinajstić information content (AvgIpc) is 2.74. The fraction of sp³-hybridized carbons (Fsp3) is 0.136. The Labute approximate surface area is 164 Å². The van der Waals surface area contributed by atoms with Crippen molar-refractivity contribution in [3.8, 4) is 6.07 Å². The molecule has 28 heavy (non-hydrogen) atoms. The van der Waals surface area contributed by atoms with Crippen LogP contribution in [-0.2, 0) is 0 Å². The van der Waals surface area contributed by atoms with Gasteiger partial charge in [-0.2, -0.15) is 5.26 Å². The number of nitrogens with one attached hydrogen (secondary N) is 2. The molecule has 0 bridgehead atoms.